The average molecular weight is 413 g/mol. The van der Waals surface area contributed by atoms with Crippen molar-refractivity contribution in [2.45, 2.75) is 13.1 Å². The number of morpholine rings is 1. The topological polar surface area (TPSA) is 87.6 Å². The van der Waals surface area contributed by atoms with Crippen molar-refractivity contribution in [2.75, 3.05) is 26.3 Å². The quantitative estimate of drug-likeness (QED) is 0.670. The Morgan fingerprint density at radius 2 is 1.83 bits per heavy atom. The second kappa shape index (κ2) is 8.73. The maximum Gasteiger partial charge on any atom is 0.275 e. The van der Waals surface area contributed by atoms with Crippen LogP contribution in [0.15, 0.2) is 42.5 Å². The summed E-state index contributed by atoms with van der Waals surface area (Å²) in [6.07, 6.45) is 0. The molecular formula is C21H21ClN4O3. The highest BCUT2D eigenvalue weighted by atomic mass is 35.5. The molecule has 1 amide bonds. The molecule has 2 N–H and O–H groups in total. The van der Waals surface area contributed by atoms with E-state index in [0.717, 1.165) is 44.0 Å². The molecule has 1 fully saturated rings. The lowest BCUT2D eigenvalue weighted by Gasteiger charge is -2.26. The Labute approximate surface area is 173 Å². The van der Waals surface area contributed by atoms with Crippen LogP contribution in [0.2, 0.25) is 5.02 Å². The molecule has 0 radical (unpaired) electrons. The van der Waals surface area contributed by atoms with E-state index in [4.69, 9.17) is 16.3 Å². The van der Waals surface area contributed by atoms with E-state index in [1.54, 1.807) is 12.1 Å². The van der Waals surface area contributed by atoms with Crippen LogP contribution in [0.3, 0.4) is 0 Å². The smallest absolute Gasteiger partial charge is 0.275 e. The standard InChI is InChI=1S/C21H21ClN4O3/c22-16-4-1-14(2-5-16)12-23-21(28)19-20(27)17-11-15(3-6-18(17)24-25-19)13-26-7-9-29-10-8-26/h1-6,11H,7-10,12-13H2,(H,23,28)(H,24,27). The lowest BCUT2D eigenvalue weighted by atomic mass is 10.1. The van der Waals surface area contributed by atoms with E-state index in [1.807, 2.05) is 30.3 Å². The first-order valence-corrected chi connectivity index (χ1v) is 9.79. The first kappa shape index (κ1) is 19.6. The molecule has 0 unspecified atom stereocenters. The summed E-state index contributed by atoms with van der Waals surface area (Å²) in [5.74, 6) is -0.641. The van der Waals surface area contributed by atoms with Gasteiger partial charge in [0.05, 0.1) is 18.7 Å². The zero-order valence-electron chi connectivity index (χ0n) is 15.8. The number of amides is 1. The molecule has 0 aliphatic carbocycles. The van der Waals surface area contributed by atoms with E-state index >= 15 is 0 Å². The molecule has 0 bridgehead atoms. The molecule has 0 atom stereocenters. The van der Waals surface area contributed by atoms with Gasteiger partial charge in [-0.2, -0.15) is 0 Å². The second-order valence-electron chi connectivity index (χ2n) is 6.95. The maximum absolute atomic E-state index is 12.5. The molecule has 3 aromatic rings. The van der Waals surface area contributed by atoms with Crippen molar-refractivity contribution in [3.05, 3.63) is 64.3 Å². The van der Waals surface area contributed by atoms with Crippen LogP contribution in [0.25, 0.3) is 10.9 Å². The SMILES string of the molecule is O=C(NCc1ccc(Cl)cc1)c1nnc2ccc(CN3CCOCC3)cc2c1O. The van der Waals surface area contributed by atoms with Crippen molar-refractivity contribution >= 4 is 28.4 Å². The molecule has 1 aromatic heterocycles. The largest absolute Gasteiger partial charge is 0.505 e. The lowest BCUT2D eigenvalue weighted by Crippen LogP contribution is -2.35. The molecule has 2 heterocycles. The average Bonchev–Trinajstić information content (AvgIpc) is 2.74. The summed E-state index contributed by atoms with van der Waals surface area (Å²) in [5.41, 5.74) is 2.39. The van der Waals surface area contributed by atoms with Gasteiger partial charge < -0.3 is 15.2 Å². The van der Waals surface area contributed by atoms with Gasteiger partial charge in [-0.05, 0) is 35.4 Å². The molecule has 1 aliphatic rings. The van der Waals surface area contributed by atoms with Crippen molar-refractivity contribution < 1.29 is 14.6 Å². The summed E-state index contributed by atoms with van der Waals surface area (Å²) in [4.78, 5) is 14.8. The van der Waals surface area contributed by atoms with E-state index < -0.39 is 5.91 Å². The van der Waals surface area contributed by atoms with Gasteiger partial charge in [0.2, 0.25) is 0 Å². The Bertz CT molecular complexity index is 1020. The van der Waals surface area contributed by atoms with Crippen LogP contribution in [0.4, 0.5) is 0 Å². The number of benzene rings is 2. The summed E-state index contributed by atoms with van der Waals surface area (Å²) in [7, 11) is 0. The van der Waals surface area contributed by atoms with Gasteiger partial charge in [0.25, 0.3) is 5.91 Å². The van der Waals surface area contributed by atoms with E-state index in [9.17, 15) is 9.90 Å². The van der Waals surface area contributed by atoms with Crippen molar-refractivity contribution in [1.82, 2.24) is 20.4 Å². The van der Waals surface area contributed by atoms with Gasteiger partial charge in [-0.15, -0.1) is 10.2 Å². The number of rotatable bonds is 5. The van der Waals surface area contributed by atoms with Gasteiger partial charge in [0.15, 0.2) is 11.4 Å². The van der Waals surface area contributed by atoms with Crippen LogP contribution in [-0.4, -0.2) is 52.4 Å². The first-order chi connectivity index (χ1) is 14.1. The number of nitrogens with zero attached hydrogens (tertiary/aromatic N) is 3. The normalized spacial score (nSPS) is 14.8. The number of carbonyl (C=O) groups excluding carboxylic acids is 1. The molecule has 0 saturated carbocycles. The fourth-order valence-electron chi connectivity index (χ4n) is 3.28. The number of hydrogen-bond acceptors (Lipinski definition) is 6. The number of carbonyl (C=O) groups is 1. The van der Waals surface area contributed by atoms with Crippen molar-refractivity contribution in [2.24, 2.45) is 0 Å². The summed E-state index contributed by atoms with van der Waals surface area (Å²) in [6.45, 7) is 4.24. The maximum atomic E-state index is 12.5. The fourth-order valence-corrected chi connectivity index (χ4v) is 3.40. The number of ether oxygens (including phenoxy) is 1. The highest BCUT2D eigenvalue weighted by Gasteiger charge is 2.18. The Morgan fingerprint density at radius 1 is 1.10 bits per heavy atom. The van der Waals surface area contributed by atoms with Gasteiger partial charge in [-0.25, -0.2) is 0 Å². The second-order valence-corrected chi connectivity index (χ2v) is 7.38. The van der Waals surface area contributed by atoms with Crippen LogP contribution in [0.5, 0.6) is 5.75 Å². The van der Waals surface area contributed by atoms with Gasteiger partial charge in [0.1, 0.15) is 0 Å². The van der Waals surface area contributed by atoms with Gasteiger partial charge in [-0.1, -0.05) is 29.8 Å². The zero-order valence-corrected chi connectivity index (χ0v) is 16.5. The fraction of sp³-hybridized carbons (Fsp3) is 0.286. The van der Waals surface area contributed by atoms with Crippen LogP contribution < -0.4 is 5.32 Å². The van der Waals surface area contributed by atoms with Gasteiger partial charge in [-0.3, -0.25) is 9.69 Å². The molecule has 8 heteroatoms. The third-order valence-electron chi connectivity index (χ3n) is 4.89. The Balaban J connectivity index is 1.52. The Morgan fingerprint density at radius 3 is 2.59 bits per heavy atom. The number of hydrogen-bond donors (Lipinski definition) is 2. The van der Waals surface area contributed by atoms with E-state index in [0.29, 0.717) is 22.5 Å². The Hall–Kier alpha value is -2.74. The number of aromatic nitrogens is 2. The molecule has 0 spiro atoms. The summed E-state index contributed by atoms with van der Waals surface area (Å²) >= 11 is 5.87. The number of nitrogens with one attached hydrogen (secondary N) is 1. The molecule has 7 nitrogen and oxygen atoms in total. The third kappa shape index (κ3) is 4.64. The third-order valence-corrected chi connectivity index (χ3v) is 5.14. The first-order valence-electron chi connectivity index (χ1n) is 9.41. The number of aromatic hydroxyl groups is 1. The highest BCUT2D eigenvalue weighted by molar-refractivity contribution is 6.30. The van der Waals surface area contributed by atoms with Crippen LogP contribution in [0.1, 0.15) is 21.6 Å². The molecule has 1 saturated heterocycles. The van der Waals surface area contributed by atoms with Crippen LogP contribution in [0, 0.1) is 0 Å². The molecule has 150 valence electrons. The van der Waals surface area contributed by atoms with Gasteiger partial charge in [0, 0.05) is 36.6 Å². The molecule has 29 heavy (non-hydrogen) atoms. The van der Waals surface area contributed by atoms with E-state index in [2.05, 4.69) is 20.4 Å². The monoisotopic (exact) mass is 412 g/mol. The minimum atomic E-state index is -0.481. The van der Waals surface area contributed by atoms with Gasteiger partial charge >= 0.3 is 0 Å². The zero-order chi connectivity index (χ0) is 20.2. The number of fused-ring (bicyclic) bond motifs is 1. The highest BCUT2D eigenvalue weighted by Crippen LogP contribution is 2.27. The predicted molar refractivity (Wildman–Crippen MR) is 110 cm³/mol. The minimum absolute atomic E-state index is 0.0880. The summed E-state index contributed by atoms with van der Waals surface area (Å²) in [5, 5.41) is 22.6. The minimum Gasteiger partial charge on any atom is -0.505 e. The Kier molecular flexibility index (Phi) is 5.89. The molecule has 4 rings (SSSR count). The van der Waals surface area contributed by atoms with Crippen molar-refractivity contribution in [3.8, 4) is 5.75 Å². The van der Waals surface area contributed by atoms with Crippen molar-refractivity contribution in [1.29, 1.82) is 0 Å². The molecule has 1 aliphatic heterocycles. The number of halogens is 1. The van der Waals surface area contributed by atoms with Crippen molar-refractivity contribution in [3.63, 3.8) is 0 Å². The molecule has 2 aromatic carbocycles. The van der Waals surface area contributed by atoms with E-state index in [1.165, 1.54) is 0 Å². The van der Waals surface area contributed by atoms with Crippen LogP contribution in [-0.2, 0) is 17.8 Å². The summed E-state index contributed by atoms with van der Waals surface area (Å²) < 4.78 is 5.38. The van der Waals surface area contributed by atoms with Crippen LogP contribution >= 0.6 is 11.6 Å². The predicted octanol–water partition coefficient (Wildman–Crippen LogP) is 2.75. The molecular weight excluding hydrogens is 392 g/mol. The van der Waals surface area contributed by atoms with E-state index in [-0.39, 0.29) is 11.4 Å². The summed E-state index contributed by atoms with van der Waals surface area (Å²) in [6, 6.07) is 12.8. The lowest BCUT2D eigenvalue weighted by molar-refractivity contribution is 0.0342.